The fourth-order valence-electron chi connectivity index (χ4n) is 3.84. The molecule has 2 aliphatic heterocycles. The largest absolute Gasteiger partial charge is 0.324 e. The van der Waals surface area contributed by atoms with E-state index in [2.05, 4.69) is 5.32 Å². The van der Waals surface area contributed by atoms with Crippen LogP contribution >= 0.6 is 11.6 Å². The van der Waals surface area contributed by atoms with E-state index in [-0.39, 0.29) is 35.7 Å². The zero-order valence-electron chi connectivity index (χ0n) is 15.7. The maximum absolute atomic E-state index is 13.2. The van der Waals surface area contributed by atoms with Crippen LogP contribution in [0.2, 0.25) is 5.02 Å². The molecule has 29 heavy (non-hydrogen) atoms. The molecule has 0 spiro atoms. The number of fused-ring (bicyclic) bond motifs is 1. The van der Waals surface area contributed by atoms with Crippen LogP contribution in [0, 0.1) is 11.7 Å². The van der Waals surface area contributed by atoms with E-state index >= 15 is 0 Å². The van der Waals surface area contributed by atoms with Gasteiger partial charge >= 0.3 is 0 Å². The third-order valence-corrected chi connectivity index (χ3v) is 5.65. The maximum atomic E-state index is 13.2. The first kappa shape index (κ1) is 19.4. The molecule has 4 rings (SSSR count). The molecule has 2 heterocycles. The molecule has 1 saturated heterocycles. The first-order chi connectivity index (χ1) is 13.8. The first-order valence-corrected chi connectivity index (χ1v) is 9.68. The summed E-state index contributed by atoms with van der Waals surface area (Å²) in [5, 5.41) is 2.78. The number of carbonyl (C=O) groups is 3. The Morgan fingerprint density at radius 1 is 1.21 bits per heavy atom. The molecular weight excluding hydrogens is 397 g/mol. The lowest BCUT2D eigenvalue weighted by atomic mass is 10.1. The number of carbonyl (C=O) groups excluding carboxylic acids is 3. The van der Waals surface area contributed by atoms with Crippen molar-refractivity contribution in [2.24, 2.45) is 5.92 Å². The number of amides is 3. The minimum atomic E-state index is -0.536. The Morgan fingerprint density at radius 3 is 2.72 bits per heavy atom. The monoisotopic (exact) mass is 415 g/mol. The van der Waals surface area contributed by atoms with E-state index in [1.807, 2.05) is 12.1 Å². The molecule has 0 radical (unpaired) electrons. The number of anilines is 3. The number of benzene rings is 2. The molecule has 150 valence electrons. The Hall–Kier alpha value is -2.93. The minimum Gasteiger partial charge on any atom is -0.324 e. The van der Waals surface area contributed by atoms with Gasteiger partial charge in [-0.1, -0.05) is 11.6 Å². The number of rotatable bonds is 3. The molecule has 0 unspecified atom stereocenters. The molecule has 2 aromatic rings. The second-order valence-corrected chi connectivity index (χ2v) is 7.66. The van der Waals surface area contributed by atoms with Gasteiger partial charge < -0.3 is 15.1 Å². The summed E-state index contributed by atoms with van der Waals surface area (Å²) in [6, 6.07) is 9.28. The lowest BCUT2D eigenvalue weighted by Crippen LogP contribution is -2.28. The van der Waals surface area contributed by atoms with E-state index in [0.29, 0.717) is 17.9 Å². The van der Waals surface area contributed by atoms with Crippen LogP contribution in [0.3, 0.4) is 0 Å². The number of halogens is 2. The van der Waals surface area contributed by atoms with Gasteiger partial charge in [0.1, 0.15) is 5.82 Å². The molecule has 1 N–H and O–H groups in total. The normalized spacial score (nSPS) is 18.2. The van der Waals surface area contributed by atoms with Gasteiger partial charge in [-0.2, -0.15) is 0 Å². The van der Waals surface area contributed by atoms with E-state index in [4.69, 9.17) is 11.6 Å². The van der Waals surface area contributed by atoms with Crippen molar-refractivity contribution >= 4 is 46.4 Å². The highest BCUT2D eigenvalue weighted by Gasteiger charge is 2.36. The van der Waals surface area contributed by atoms with Crippen LogP contribution < -0.4 is 15.1 Å². The summed E-state index contributed by atoms with van der Waals surface area (Å²) in [6.07, 6.45) is 0.819. The van der Waals surface area contributed by atoms with Crippen molar-refractivity contribution < 1.29 is 18.8 Å². The van der Waals surface area contributed by atoms with Gasteiger partial charge in [0.05, 0.1) is 16.6 Å². The molecule has 0 aliphatic carbocycles. The van der Waals surface area contributed by atoms with Crippen molar-refractivity contribution in [3.05, 3.63) is 52.8 Å². The summed E-state index contributed by atoms with van der Waals surface area (Å²) < 4.78 is 13.2. The van der Waals surface area contributed by atoms with Gasteiger partial charge in [0, 0.05) is 37.8 Å². The molecule has 2 aromatic carbocycles. The molecular formula is C21H19ClFN3O3. The van der Waals surface area contributed by atoms with Crippen molar-refractivity contribution in [3.8, 4) is 0 Å². The van der Waals surface area contributed by atoms with Crippen molar-refractivity contribution in [2.75, 3.05) is 28.2 Å². The van der Waals surface area contributed by atoms with E-state index in [1.165, 1.54) is 19.1 Å². The van der Waals surface area contributed by atoms with Crippen LogP contribution in [0.4, 0.5) is 21.5 Å². The molecule has 6 nitrogen and oxygen atoms in total. The third kappa shape index (κ3) is 3.70. The second-order valence-electron chi connectivity index (χ2n) is 7.25. The smallest absolute Gasteiger partial charge is 0.229 e. The Bertz CT molecular complexity index is 1030. The van der Waals surface area contributed by atoms with Crippen molar-refractivity contribution in [1.82, 2.24) is 0 Å². The van der Waals surface area contributed by atoms with E-state index in [9.17, 15) is 18.8 Å². The average molecular weight is 416 g/mol. The molecule has 2 aliphatic rings. The maximum Gasteiger partial charge on any atom is 0.229 e. The van der Waals surface area contributed by atoms with Crippen LogP contribution in [0.5, 0.6) is 0 Å². The minimum absolute atomic E-state index is 0.00932. The summed E-state index contributed by atoms with van der Waals surface area (Å²) in [4.78, 5) is 40.1. The van der Waals surface area contributed by atoms with E-state index < -0.39 is 11.7 Å². The predicted molar refractivity (Wildman–Crippen MR) is 109 cm³/mol. The molecule has 0 bridgehead atoms. The van der Waals surface area contributed by atoms with Crippen LogP contribution in [0.1, 0.15) is 18.9 Å². The van der Waals surface area contributed by atoms with E-state index in [0.717, 1.165) is 23.7 Å². The number of hydrogen-bond donors (Lipinski definition) is 1. The quantitative estimate of drug-likeness (QED) is 0.835. The van der Waals surface area contributed by atoms with Gasteiger partial charge in [-0.05, 0) is 48.4 Å². The lowest BCUT2D eigenvalue weighted by molar-refractivity contribution is -0.122. The van der Waals surface area contributed by atoms with Gasteiger partial charge in [-0.3, -0.25) is 14.4 Å². The Balaban J connectivity index is 1.48. The van der Waals surface area contributed by atoms with Crippen LogP contribution in [0.15, 0.2) is 36.4 Å². The summed E-state index contributed by atoms with van der Waals surface area (Å²) in [7, 11) is 0. The Morgan fingerprint density at radius 2 is 2.00 bits per heavy atom. The number of hydrogen-bond acceptors (Lipinski definition) is 3. The summed E-state index contributed by atoms with van der Waals surface area (Å²) in [5.41, 5.74) is 2.91. The molecule has 8 heteroatoms. The fraction of sp³-hybridized carbons (Fsp3) is 0.286. The second kappa shape index (κ2) is 7.48. The van der Waals surface area contributed by atoms with Gasteiger partial charge in [-0.15, -0.1) is 0 Å². The van der Waals surface area contributed by atoms with Gasteiger partial charge in [0.2, 0.25) is 17.7 Å². The summed E-state index contributed by atoms with van der Waals surface area (Å²) >= 11 is 5.96. The lowest BCUT2D eigenvalue weighted by Gasteiger charge is -2.19. The molecule has 1 atom stereocenters. The number of nitrogens with zero attached hydrogens (tertiary/aromatic N) is 2. The van der Waals surface area contributed by atoms with Crippen LogP contribution in [0.25, 0.3) is 0 Å². The highest BCUT2D eigenvalue weighted by Crippen LogP contribution is 2.34. The van der Waals surface area contributed by atoms with E-state index in [1.54, 1.807) is 15.9 Å². The zero-order chi connectivity index (χ0) is 20.7. The number of nitrogens with one attached hydrogen (secondary N) is 1. The van der Waals surface area contributed by atoms with Crippen LogP contribution in [-0.4, -0.2) is 30.8 Å². The Kier molecular flexibility index (Phi) is 5.00. The summed E-state index contributed by atoms with van der Waals surface area (Å²) in [6.45, 7) is 2.41. The van der Waals surface area contributed by atoms with Gasteiger partial charge in [0.15, 0.2) is 0 Å². The van der Waals surface area contributed by atoms with Crippen molar-refractivity contribution in [1.29, 1.82) is 0 Å². The molecule has 0 saturated carbocycles. The molecule has 1 fully saturated rings. The zero-order valence-corrected chi connectivity index (χ0v) is 16.5. The van der Waals surface area contributed by atoms with Gasteiger partial charge in [0.25, 0.3) is 0 Å². The molecule has 3 amide bonds. The highest BCUT2D eigenvalue weighted by molar-refractivity contribution is 6.33. The predicted octanol–water partition coefficient (Wildman–Crippen LogP) is 3.38. The van der Waals surface area contributed by atoms with Crippen molar-refractivity contribution in [2.45, 2.75) is 19.8 Å². The average Bonchev–Trinajstić information content (AvgIpc) is 3.27. The highest BCUT2D eigenvalue weighted by atomic mass is 35.5. The SMILES string of the molecule is CC(=O)N1CCc2cc(N3C[C@@H](C(=O)Nc4ccc(F)cc4Cl)CC3=O)ccc21. The standard InChI is InChI=1S/C21H19ClFN3O3/c1-12(27)25-7-6-13-8-16(3-5-19(13)25)26-11-14(9-20(26)28)21(29)24-18-4-2-15(23)10-17(18)22/h2-5,8,10,14H,6-7,9,11H2,1H3,(H,24,29)/t14-/m0/s1. The fourth-order valence-corrected chi connectivity index (χ4v) is 4.06. The van der Waals surface area contributed by atoms with Gasteiger partial charge in [-0.25, -0.2) is 4.39 Å². The Labute approximate surface area is 172 Å². The third-order valence-electron chi connectivity index (χ3n) is 5.34. The van der Waals surface area contributed by atoms with Crippen LogP contribution in [-0.2, 0) is 20.8 Å². The van der Waals surface area contributed by atoms with Crippen molar-refractivity contribution in [3.63, 3.8) is 0 Å². The topological polar surface area (TPSA) is 69.7 Å². The molecule has 0 aromatic heterocycles. The first-order valence-electron chi connectivity index (χ1n) is 9.31. The summed E-state index contributed by atoms with van der Waals surface area (Å²) in [5.74, 6) is -1.51.